The average molecular weight is 605 g/mol. The Balaban J connectivity index is 1.46. The third-order valence-electron chi connectivity index (χ3n) is 6.18. The molecule has 226 valence electrons. The van der Waals surface area contributed by atoms with E-state index >= 15 is 0 Å². The minimum atomic E-state index is -0.748. The quantitative estimate of drug-likeness (QED) is 0.124. The molecule has 5 aromatic heterocycles. The molecule has 0 unspecified atom stereocenters. The number of hydrogen-bond donors (Lipinski definition) is 3. The SMILES string of the molecule is COC(=O)c1c(C)noc1/N=N/c1c(C)nn(-c2cc(-n3nc(C)c(/N=N/c4onc(C)c4C(=O)CO)c3N)ncn2)c1N. The smallest absolute Gasteiger partial charge is 0.345 e. The molecule has 0 bridgehead atoms. The van der Waals surface area contributed by atoms with Crippen molar-refractivity contribution in [2.45, 2.75) is 27.7 Å². The van der Waals surface area contributed by atoms with Crippen LogP contribution in [0.25, 0.3) is 11.6 Å². The first-order valence-corrected chi connectivity index (χ1v) is 12.6. The van der Waals surface area contributed by atoms with Crippen LogP contribution in [0.15, 0.2) is 41.9 Å². The molecule has 5 heterocycles. The number of carbonyl (C=O) groups is 2. The van der Waals surface area contributed by atoms with Gasteiger partial charge in [-0.15, -0.1) is 20.5 Å². The number of rotatable bonds is 9. The first-order valence-electron chi connectivity index (χ1n) is 12.6. The Hall–Kier alpha value is -6.18. The van der Waals surface area contributed by atoms with E-state index in [4.69, 9.17) is 25.3 Å². The van der Waals surface area contributed by atoms with Gasteiger partial charge in [0.05, 0.1) is 29.9 Å². The molecule has 5 aromatic rings. The number of aryl methyl sites for hydroxylation is 4. The van der Waals surface area contributed by atoms with Gasteiger partial charge in [-0.3, -0.25) is 4.79 Å². The largest absolute Gasteiger partial charge is 0.465 e. The number of aliphatic hydroxyl groups excluding tert-OH is 1. The van der Waals surface area contributed by atoms with Crippen LogP contribution in [0.4, 0.5) is 34.8 Å². The summed E-state index contributed by atoms with van der Waals surface area (Å²) in [7, 11) is 1.22. The Morgan fingerprint density at radius 3 is 1.77 bits per heavy atom. The third kappa shape index (κ3) is 5.15. The fourth-order valence-electron chi connectivity index (χ4n) is 4.02. The van der Waals surface area contributed by atoms with Crippen molar-refractivity contribution in [2.75, 3.05) is 25.2 Å². The summed E-state index contributed by atoms with van der Waals surface area (Å²) in [4.78, 5) is 32.6. The highest BCUT2D eigenvalue weighted by Crippen LogP contribution is 2.34. The number of aromatic nitrogens is 8. The first-order chi connectivity index (χ1) is 21.0. The third-order valence-corrected chi connectivity index (χ3v) is 6.18. The molecule has 5 rings (SSSR count). The van der Waals surface area contributed by atoms with Crippen LogP contribution in [0.3, 0.4) is 0 Å². The van der Waals surface area contributed by atoms with Gasteiger partial charge in [0, 0.05) is 6.07 Å². The highest BCUT2D eigenvalue weighted by Gasteiger charge is 2.23. The molecule has 0 aromatic carbocycles. The minimum absolute atomic E-state index is 0.00571. The second-order valence-electron chi connectivity index (χ2n) is 9.07. The molecule has 0 aliphatic carbocycles. The maximum absolute atomic E-state index is 12.1. The predicted octanol–water partition coefficient (Wildman–Crippen LogP) is 3.01. The number of ether oxygens (including phenoxy) is 1. The lowest BCUT2D eigenvalue weighted by atomic mass is 10.2. The number of aliphatic hydroxyl groups is 1. The lowest BCUT2D eigenvalue weighted by Crippen LogP contribution is -2.09. The zero-order valence-corrected chi connectivity index (χ0v) is 23.9. The molecular weight excluding hydrogens is 580 g/mol. The maximum atomic E-state index is 12.1. The zero-order chi connectivity index (χ0) is 31.7. The van der Waals surface area contributed by atoms with E-state index in [1.807, 2.05) is 0 Å². The highest BCUT2D eigenvalue weighted by molar-refractivity contribution is 6.01. The Bertz CT molecular complexity index is 1830. The summed E-state index contributed by atoms with van der Waals surface area (Å²) in [6.07, 6.45) is 1.25. The fraction of sp³-hybridized carbons (Fsp3) is 0.250. The van der Waals surface area contributed by atoms with Gasteiger partial charge in [0.15, 0.2) is 46.0 Å². The van der Waals surface area contributed by atoms with Crippen LogP contribution in [0, 0.1) is 27.7 Å². The van der Waals surface area contributed by atoms with Crippen molar-refractivity contribution in [3.05, 3.63) is 46.3 Å². The molecule has 0 saturated carbocycles. The summed E-state index contributed by atoms with van der Waals surface area (Å²) in [6.45, 7) is 5.64. The molecule has 0 saturated heterocycles. The van der Waals surface area contributed by atoms with Crippen LogP contribution in [-0.4, -0.2) is 70.4 Å². The summed E-state index contributed by atoms with van der Waals surface area (Å²) in [5.74, 6) is -1.04. The molecule has 5 N–H and O–H groups in total. The summed E-state index contributed by atoms with van der Waals surface area (Å²) in [5.41, 5.74) is 14.4. The number of ketones is 1. The highest BCUT2D eigenvalue weighted by atomic mass is 16.5. The molecule has 20 nitrogen and oxygen atoms in total. The summed E-state index contributed by atoms with van der Waals surface area (Å²) >= 11 is 0. The van der Waals surface area contributed by atoms with Crippen LogP contribution in [0.5, 0.6) is 0 Å². The molecule has 0 fully saturated rings. The van der Waals surface area contributed by atoms with E-state index in [0.717, 1.165) is 0 Å². The Morgan fingerprint density at radius 1 is 0.818 bits per heavy atom. The van der Waals surface area contributed by atoms with Gasteiger partial charge in [-0.1, -0.05) is 10.3 Å². The number of nitrogen functional groups attached to an aromatic ring is 2. The summed E-state index contributed by atoms with van der Waals surface area (Å²) in [5, 5.41) is 41.6. The number of carbonyl (C=O) groups excluding carboxylic acids is 2. The van der Waals surface area contributed by atoms with Crippen molar-refractivity contribution in [2.24, 2.45) is 20.5 Å². The maximum Gasteiger partial charge on any atom is 0.345 e. The van der Waals surface area contributed by atoms with Crippen molar-refractivity contribution in [1.29, 1.82) is 0 Å². The van der Waals surface area contributed by atoms with Gasteiger partial charge >= 0.3 is 5.97 Å². The van der Waals surface area contributed by atoms with Crippen molar-refractivity contribution in [1.82, 2.24) is 39.8 Å². The number of nitrogens with zero attached hydrogens (tertiary/aromatic N) is 12. The van der Waals surface area contributed by atoms with Crippen LogP contribution < -0.4 is 11.5 Å². The van der Waals surface area contributed by atoms with Crippen LogP contribution in [0.1, 0.15) is 43.5 Å². The van der Waals surface area contributed by atoms with Crippen molar-refractivity contribution >= 4 is 46.5 Å². The number of Topliss-reactive ketones (excluding diaryl/α,β-unsaturated/α-hetero) is 1. The van der Waals surface area contributed by atoms with Gasteiger partial charge in [0.25, 0.3) is 11.8 Å². The Labute approximate surface area is 246 Å². The van der Waals surface area contributed by atoms with Gasteiger partial charge in [-0.2, -0.15) is 19.6 Å². The summed E-state index contributed by atoms with van der Waals surface area (Å²) < 4.78 is 17.5. The monoisotopic (exact) mass is 604 g/mol. The fourth-order valence-corrected chi connectivity index (χ4v) is 4.02. The van der Waals surface area contributed by atoms with E-state index in [1.54, 1.807) is 20.8 Å². The summed E-state index contributed by atoms with van der Waals surface area (Å²) in [6, 6.07) is 1.51. The van der Waals surface area contributed by atoms with Crippen molar-refractivity contribution < 1.29 is 28.5 Å². The number of anilines is 2. The van der Waals surface area contributed by atoms with Crippen LogP contribution in [0.2, 0.25) is 0 Å². The number of esters is 1. The lowest BCUT2D eigenvalue weighted by Gasteiger charge is -2.06. The Morgan fingerprint density at radius 2 is 1.30 bits per heavy atom. The molecule has 0 aliphatic heterocycles. The molecule has 0 aliphatic rings. The second kappa shape index (κ2) is 11.6. The number of nitrogens with two attached hydrogens (primary N) is 2. The number of hydrogen-bond acceptors (Lipinski definition) is 18. The van der Waals surface area contributed by atoms with Crippen LogP contribution >= 0.6 is 0 Å². The standard InChI is InChI=1S/C24H24N14O6/c1-9-16(13(40)7-39)22(43-35-9)31-29-18-11(3)33-37(20(18)25)14-6-15(28-8-27-14)38-21(26)19(12(4)34-38)30-32-23-17(24(41)42-5)10(2)36-44-23/h6,8,39H,7,25-26H2,1-5H3/b31-29+,32-30+. The van der Waals surface area contributed by atoms with Gasteiger partial charge in [0.1, 0.15) is 18.5 Å². The lowest BCUT2D eigenvalue weighted by molar-refractivity contribution is 0.0600. The van der Waals surface area contributed by atoms with Gasteiger partial charge in [0.2, 0.25) is 0 Å². The molecule has 0 amide bonds. The number of azo groups is 2. The van der Waals surface area contributed by atoms with Crippen molar-refractivity contribution in [3.8, 4) is 11.6 Å². The van der Waals surface area contributed by atoms with E-state index in [-0.39, 0.29) is 68.9 Å². The topological polar surface area (TPSA) is 279 Å². The molecule has 44 heavy (non-hydrogen) atoms. The normalized spacial score (nSPS) is 11.7. The van der Waals surface area contributed by atoms with Gasteiger partial charge in [-0.25, -0.2) is 14.8 Å². The molecule has 0 atom stereocenters. The van der Waals surface area contributed by atoms with E-state index in [1.165, 1.54) is 35.8 Å². The van der Waals surface area contributed by atoms with Crippen LogP contribution in [-0.2, 0) is 4.74 Å². The van der Waals surface area contributed by atoms with Gasteiger partial charge < -0.3 is 30.4 Å². The Kier molecular flexibility index (Phi) is 7.73. The number of methoxy groups -OCH3 is 1. The second-order valence-corrected chi connectivity index (χ2v) is 9.07. The van der Waals surface area contributed by atoms with E-state index in [0.29, 0.717) is 11.4 Å². The van der Waals surface area contributed by atoms with E-state index in [9.17, 15) is 14.7 Å². The zero-order valence-electron chi connectivity index (χ0n) is 23.9. The predicted molar refractivity (Wildman–Crippen MR) is 148 cm³/mol. The van der Waals surface area contributed by atoms with Gasteiger partial charge in [-0.05, 0) is 27.7 Å². The molecule has 0 radical (unpaired) electrons. The van der Waals surface area contributed by atoms with E-state index < -0.39 is 18.4 Å². The average Bonchev–Trinajstić information content (AvgIpc) is 3.73. The molecule has 0 spiro atoms. The molecular formula is C24H24N14O6. The first kappa shape index (κ1) is 29.3. The van der Waals surface area contributed by atoms with Crippen molar-refractivity contribution in [3.63, 3.8) is 0 Å². The van der Waals surface area contributed by atoms with E-state index in [2.05, 4.69) is 50.9 Å². The minimum Gasteiger partial charge on any atom is -0.465 e. The molecule has 20 heteroatoms.